The van der Waals surface area contributed by atoms with Crippen LogP contribution in [0.4, 0.5) is 10.5 Å². The smallest absolute Gasteiger partial charge is 0.322 e. The van der Waals surface area contributed by atoms with Crippen molar-refractivity contribution in [2.24, 2.45) is 7.05 Å². The Kier molecular flexibility index (Phi) is 5.14. The highest BCUT2D eigenvalue weighted by Gasteiger charge is 2.49. The second-order valence-electron chi connectivity index (χ2n) is 9.20. The van der Waals surface area contributed by atoms with E-state index < -0.39 is 0 Å². The average Bonchev–Trinajstić information content (AvgIpc) is 3.59. The molecule has 2 aromatic carbocycles. The van der Waals surface area contributed by atoms with Crippen molar-refractivity contribution in [1.82, 2.24) is 29.5 Å². The van der Waals surface area contributed by atoms with E-state index in [1.54, 1.807) is 18.1 Å². The van der Waals surface area contributed by atoms with E-state index in [1.807, 2.05) is 60.6 Å². The van der Waals surface area contributed by atoms with Crippen LogP contribution in [0.5, 0.6) is 5.75 Å². The number of benzene rings is 2. The molecular weight excluding hydrogens is 442 g/mol. The normalized spacial score (nSPS) is 19.5. The van der Waals surface area contributed by atoms with Crippen LogP contribution in [0.3, 0.4) is 0 Å². The molecule has 0 bridgehead atoms. The molecule has 1 aliphatic heterocycles. The summed E-state index contributed by atoms with van der Waals surface area (Å²) in [5.41, 5.74) is 4.82. The van der Waals surface area contributed by atoms with E-state index >= 15 is 0 Å². The number of piperazine rings is 1. The minimum atomic E-state index is -0.104. The fourth-order valence-corrected chi connectivity index (χ4v) is 5.05. The predicted molar refractivity (Wildman–Crippen MR) is 134 cm³/mol. The largest absolute Gasteiger partial charge is 0.494 e. The Balaban J connectivity index is 1.41. The Bertz CT molecular complexity index is 1420. The number of fused-ring (bicyclic) bond motifs is 2. The van der Waals surface area contributed by atoms with Gasteiger partial charge in [0.25, 0.3) is 0 Å². The third-order valence-corrected chi connectivity index (χ3v) is 6.97. The lowest BCUT2D eigenvalue weighted by atomic mass is 10.0. The van der Waals surface area contributed by atoms with E-state index in [4.69, 9.17) is 9.84 Å². The van der Waals surface area contributed by atoms with Gasteiger partial charge in [0.2, 0.25) is 0 Å². The summed E-state index contributed by atoms with van der Waals surface area (Å²) in [5, 5.41) is 8.61. The van der Waals surface area contributed by atoms with E-state index in [0.29, 0.717) is 24.0 Å². The first kappa shape index (κ1) is 21.5. The summed E-state index contributed by atoms with van der Waals surface area (Å²) >= 11 is 0. The van der Waals surface area contributed by atoms with Gasteiger partial charge in [-0.25, -0.2) is 14.8 Å². The van der Waals surface area contributed by atoms with Crippen molar-refractivity contribution in [1.29, 1.82) is 0 Å². The lowest BCUT2D eigenvalue weighted by molar-refractivity contribution is 0.161. The summed E-state index contributed by atoms with van der Waals surface area (Å²) in [5.74, 6) is 0.562. The zero-order valence-electron chi connectivity index (χ0n) is 20.0. The van der Waals surface area contributed by atoms with Gasteiger partial charge >= 0.3 is 6.03 Å². The van der Waals surface area contributed by atoms with Crippen molar-refractivity contribution < 1.29 is 9.53 Å². The summed E-state index contributed by atoms with van der Waals surface area (Å²) in [6.07, 6.45) is 4.54. The minimum Gasteiger partial charge on any atom is -0.494 e. The van der Waals surface area contributed by atoms with Crippen LogP contribution in [0.1, 0.15) is 6.42 Å². The van der Waals surface area contributed by atoms with E-state index in [-0.39, 0.29) is 12.1 Å². The van der Waals surface area contributed by atoms with Crippen LogP contribution >= 0.6 is 0 Å². The van der Waals surface area contributed by atoms with Crippen LogP contribution in [0.15, 0.2) is 55.0 Å². The molecule has 178 valence electrons. The maximum absolute atomic E-state index is 13.2. The second kappa shape index (κ2) is 8.35. The summed E-state index contributed by atoms with van der Waals surface area (Å²) in [7, 11) is 5.62. The molecule has 6 rings (SSSR count). The Hall–Kier alpha value is -3.98. The summed E-state index contributed by atoms with van der Waals surface area (Å²) in [6.45, 7) is 1.59. The summed E-state index contributed by atoms with van der Waals surface area (Å²) < 4.78 is 7.41. The van der Waals surface area contributed by atoms with Crippen LogP contribution < -0.4 is 10.1 Å². The molecule has 0 radical (unpaired) electrons. The minimum absolute atomic E-state index is 0.104. The highest BCUT2D eigenvalue weighted by molar-refractivity contribution is 6.01. The average molecular weight is 470 g/mol. The number of carbonyl (C=O) groups is 1. The third kappa shape index (κ3) is 3.77. The van der Waals surface area contributed by atoms with Gasteiger partial charge in [-0.15, -0.1) is 0 Å². The molecule has 9 heteroatoms. The number of nitrogens with zero attached hydrogens (tertiary/aromatic N) is 6. The third-order valence-electron chi connectivity index (χ3n) is 6.97. The highest BCUT2D eigenvalue weighted by Crippen LogP contribution is 2.39. The molecule has 0 unspecified atom stereocenters. The molecule has 0 spiro atoms. The number of anilines is 1. The molecule has 1 aliphatic carbocycles. The Morgan fingerprint density at radius 3 is 2.69 bits per heavy atom. The summed E-state index contributed by atoms with van der Waals surface area (Å²) in [6, 6.07) is 14.4. The maximum atomic E-state index is 13.2. The Labute approximate surface area is 203 Å². The van der Waals surface area contributed by atoms with Gasteiger partial charge in [0.1, 0.15) is 17.8 Å². The summed E-state index contributed by atoms with van der Waals surface area (Å²) in [4.78, 5) is 26.6. The molecule has 2 aromatic heterocycles. The van der Waals surface area contributed by atoms with E-state index in [1.165, 1.54) is 0 Å². The number of methoxy groups -OCH3 is 1. The molecule has 35 heavy (non-hydrogen) atoms. The van der Waals surface area contributed by atoms with Crippen molar-refractivity contribution in [3.63, 3.8) is 0 Å². The van der Waals surface area contributed by atoms with Gasteiger partial charge in [-0.05, 0) is 19.5 Å². The maximum Gasteiger partial charge on any atom is 0.322 e. The van der Waals surface area contributed by atoms with E-state index in [0.717, 1.165) is 46.4 Å². The fourth-order valence-electron chi connectivity index (χ4n) is 5.05. The lowest BCUT2D eigenvalue weighted by Crippen LogP contribution is -2.48. The topological polar surface area (TPSA) is 88.4 Å². The zero-order chi connectivity index (χ0) is 24.1. The van der Waals surface area contributed by atoms with E-state index in [2.05, 4.69) is 27.2 Å². The van der Waals surface area contributed by atoms with Crippen molar-refractivity contribution in [3.05, 3.63) is 55.0 Å². The van der Waals surface area contributed by atoms with E-state index in [9.17, 15) is 4.79 Å². The molecule has 2 fully saturated rings. The molecule has 2 amide bonds. The highest BCUT2D eigenvalue weighted by atomic mass is 16.5. The van der Waals surface area contributed by atoms with Crippen LogP contribution in [0.25, 0.3) is 33.4 Å². The number of urea groups is 1. The van der Waals surface area contributed by atoms with Crippen LogP contribution in [-0.2, 0) is 7.05 Å². The number of nitrogens with one attached hydrogen (secondary N) is 1. The second-order valence-corrected chi connectivity index (χ2v) is 9.20. The zero-order valence-corrected chi connectivity index (χ0v) is 20.0. The van der Waals surface area contributed by atoms with Crippen molar-refractivity contribution >= 4 is 22.6 Å². The predicted octanol–water partition coefficient (Wildman–Crippen LogP) is 3.63. The number of carbonyl (C=O) groups excluding carboxylic acids is 1. The Morgan fingerprint density at radius 1 is 1.06 bits per heavy atom. The van der Waals surface area contributed by atoms with Crippen LogP contribution in [0.2, 0.25) is 0 Å². The van der Waals surface area contributed by atoms with Gasteiger partial charge in [0, 0.05) is 55.0 Å². The quantitative estimate of drug-likeness (QED) is 0.491. The number of amides is 2. The van der Waals surface area contributed by atoms with Crippen LogP contribution in [0, 0.1) is 0 Å². The lowest BCUT2D eigenvalue weighted by Gasteiger charge is -2.32. The van der Waals surface area contributed by atoms with Gasteiger partial charge in [-0.3, -0.25) is 9.58 Å². The molecule has 2 atom stereocenters. The van der Waals surface area contributed by atoms with Crippen molar-refractivity contribution in [2.75, 3.05) is 32.6 Å². The number of rotatable bonds is 4. The van der Waals surface area contributed by atoms with Crippen LogP contribution in [-0.4, -0.2) is 74.9 Å². The number of likely N-dealkylation sites (N-methyl/N-ethyl adjacent to an activating group) is 1. The fraction of sp³-hybridized carbons (Fsp3) is 0.308. The first-order chi connectivity index (χ1) is 17.0. The van der Waals surface area contributed by atoms with Crippen molar-refractivity contribution in [2.45, 2.75) is 18.5 Å². The van der Waals surface area contributed by atoms with Gasteiger partial charge in [-0.1, -0.05) is 30.3 Å². The van der Waals surface area contributed by atoms with Gasteiger partial charge in [-0.2, -0.15) is 5.10 Å². The number of aryl methyl sites for hydroxylation is 1. The van der Waals surface area contributed by atoms with Crippen molar-refractivity contribution in [3.8, 4) is 28.3 Å². The number of ether oxygens (including phenoxy) is 1. The number of hydrogen-bond donors (Lipinski definition) is 1. The molecule has 1 saturated carbocycles. The van der Waals surface area contributed by atoms with Gasteiger partial charge in [0.05, 0.1) is 30.0 Å². The molecule has 1 N–H and O–H groups in total. The monoisotopic (exact) mass is 469 g/mol. The number of hydrogen-bond acceptors (Lipinski definition) is 6. The van der Waals surface area contributed by atoms with Gasteiger partial charge < -0.3 is 15.0 Å². The molecule has 3 heterocycles. The molecule has 4 aromatic rings. The first-order valence-corrected chi connectivity index (χ1v) is 11.7. The molecule has 9 nitrogen and oxygen atoms in total. The standard InChI is InChI=1S/C26H27N7O2/c1-31-9-10-33(22-13-21(22)31)26(34)29-20-11-17-19(12-23(20)35-3)27-15-28-25(17)18-14-32(2)30-24(18)16-7-5-4-6-8-16/h4-8,11-12,14-15,21-22H,9-10,13H2,1-3H3,(H,29,34)/t21-,22+/m1/s1. The first-order valence-electron chi connectivity index (χ1n) is 11.7. The molecular formula is C26H27N7O2. The Morgan fingerprint density at radius 2 is 1.89 bits per heavy atom. The molecule has 2 aliphatic rings. The number of aromatic nitrogens is 4. The molecule has 1 saturated heterocycles. The van der Waals surface area contributed by atoms with Gasteiger partial charge in [0.15, 0.2) is 0 Å². The SMILES string of the molecule is COc1cc2ncnc(-c3cn(C)nc3-c3ccccc3)c2cc1NC(=O)N1CCN(C)[C@@H]2C[C@@H]21.